The number of amides is 1. The normalized spacial score (nSPS) is 12.9. The zero-order valence-corrected chi connectivity index (χ0v) is 14.5. The van der Waals surface area contributed by atoms with Crippen molar-refractivity contribution in [2.45, 2.75) is 92.0 Å². The summed E-state index contributed by atoms with van der Waals surface area (Å²) < 4.78 is 0. The molecule has 2 heteroatoms. The van der Waals surface area contributed by atoms with E-state index in [-0.39, 0.29) is 16.9 Å². The second-order valence-corrected chi connectivity index (χ2v) is 7.72. The molecule has 1 N–H and O–H groups in total. The second-order valence-electron chi connectivity index (χ2n) is 7.72. The number of nitrogens with one attached hydrogen (secondary N) is 1. The highest BCUT2D eigenvalue weighted by atomic mass is 16.1. The molecule has 0 heterocycles. The van der Waals surface area contributed by atoms with Gasteiger partial charge in [0, 0.05) is 5.54 Å². The summed E-state index contributed by atoms with van der Waals surface area (Å²) in [5.41, 5.74) is 0.0700. The second kappa shape index (κ2) is 9.20. The summed E-state index contributed by atoms with van der Waals surface area (Å²) in [6.07, 6.45) is 12.1. The van der Waals surface area contributed by atoms with E-state index in [2.05, 4.69) is 46.9 Å². The van der Waals surface area contributed by atoms with E-state index >= 15 is 0 Å². The average molecular weight is 281 g/mol. The highest BCUT2D eigenvalue weighted by molar-refractivity contribution is 5.87. The minimum absolute atomic E-state index is 0.0350. The van der Waals surface area contributed by atoms with Crippen LogP contribution in [0.3, 0.4) is 0 Å². The van der Waals surface area contributed by atoms with Crippen molar-refractivity contribution in [2.24, 2.45) is 5.41 Å². The van der Waals surface area contributed by atoms with Gasteiger partial charge in [-0.3, -0.25) is 4.79 Å². The predicted octanol–water partition coefficient (Wildman–Crippen LogP) is 5.23. The molecular weight excluding hydrogens is 246 g/mol. The maximum absolute atomic E-state index is 11.9. The Balaban J connectivity index is 3.92. The molecular formula is C18H35NO. The van der Waals surface area contributed by atoms with Crippen LogP contribution in [-0.2, 0) is 4.79 Å². The SMILES string of the molecule is CCCCCCCC=CC(=O)NC(C)(C)CC(C)(C)C. The lowest BCUT2D eigenvalue weighted by Crippen LogP contribution is -2.45. The van der Waals surface area contributed by atoms with E-state index in [0.717, 1.165) is 12.8 Å². The first kappa shape index (κ1) is 19.2. The lowest BCUT2D eigenvalue weighted by molar-refractivity contribution is -0.118. The van der Waals surface area contributed by atoms with Gasteiger partial charge in [0.2, 0.25) is 5.91 Å². The molecule has 0 aliphatic carbocycles. The van der Waals surface area contributed by atoms with Gasteiger partial charge in [-0.2, -0.15) is 0 Å². The van der Waals surface area contributed by atoms with Crippen LogP contribution in [0.4, 0.5) is 0 Å². The Morgan fingerprint density at radius 1 is 1.00 bits per heavy atom. The number of unbranched alkanes of at least 4 members (excludes halogenated alkanes) is 5. The van der Waals surface area contributed by atoms with Gasteiger partial charge in [0.15, 0.2) is 0 Å². The lowest BCUT2D eigenvalue weighted by Gasteiger charge is -2.32. The first-order chi connectivity index (χ1) is 9.16. The molecule has 0 atom stereocenters. The van der Waals surface area contributed by atoms with E-state index in [4.69, 9.17) is 0 Å². The van der Waals surface area contributed by atoms with Crippen LogP contribution >= 0.6 is 0 Å². The largest absolute Gasteiger partial charge is 0.348 e. The minimum atomic E-state index is -0.152. The summed E-state index contributed by atoms with van der Waals surface area (Å²) in [4.78, 5) is 11.9. The highest BCUT2D eigenvalue weighted by Crippen LogP contribution is 2.26. The van der Waals surface area contributed by atoms with Gasteiger partial charge in [-0.15, -0.1) is 0 Å². The van der Waals surface area contributed by atoms with Crippen molar-refractivity contribution in [1.29, 1.82) is 0 Å². The molecule has 0 saturated carbocycles. The Bertz CT molecular complexity index is 297. The Labute approximate surface area is 126 Å². The molecule has 0 fully saturated rings. The Morgan fingerprint density at radius 2 is 1.60 bits per heavy atom. The maximum atomic E-state index is 11.9. The van der Waals surface area contributed by atoms with E-state index in [0.29, 0.717) is 0 Å². The predicted molar refractivity (Wildman–Crippen MR) is 88.8 cm³/mol. The quantitative estimate of drug-likeness (QED) is 0.455. The number of carbonyl (C=O) groups is 1. The van der Waals surface area contributed by atoms with Crippen molar-refractivity contribution in [3.05, 3.63) is 12.2 Å². The Kier molecular flexibility index (Phi) is 8.84. The van der Waals surface area contributed by atoms with Gasteiger partial charge in [-0.05, 0) is 44.6 Å². The van der Waals surface area contributed by atoms with E-state index in [9.17, 15) is 4.79 Å². The van der Waals surface area contributed by atoms with Crippen LogP contribution in [0.15, 0.2) is 12.2 Å². The lowest BCUT2D eigenvalue weighted by atomic mass is 9.82. The Hall–Kier alpha value is -0.790. The van der Waals surface area contributed by atoms with Gasteiger partial charge in [0.25, 0.3) is 0 Å². The zero-order chi connectivity index (χ0) is 15.6. The van der Waals surface area contributed by atoms with Gasteiger partial charge in [0.05, 0.1) is 0 Å². The van der Waals surface area contributed by atoms with Gasteiger partial charge < -0.3 is 5.32 Å². The van der Waals surface area contributed by atoms with Crippen molar-refractivity contribution in [1.82, 2.24) is 5.32 Å². The number of carbonyl (C=O) groups excluding carboxylic acids is 1. The Morgan fingerprint density at radius 3 is 2.15 bits per heavy atom. The molecule has 0 radical (unpaired) electrons. The first-order valence-corrected chi connectivity index (χ1v) is 8.15. The van der Waals surface area contributed by atoms with Crippen molar-refractivity contribution in [2.75, 3.05) is 0 Å². The van der Waals surface area contributed by atoms with Crippen molar-refractivity contribution in [3.8, 4) is 0 Å². The molecule has 0 bridgehead atoms. The monoisotopic (exact) mass is 281 g/mol. The van der Waals surface area contributed by atoms with Crippen LogP contribution < -0.4 is 5.32 Å². The number of hydrogen-bond donors (Lipinski definition) is 1. The summed E-state index contributed by atoms with van der Waals surface area (Å²) >= 11 is 0. The standard InChI is InChI=1S/C18H35NO/c1-7-8-9-10-11-12-13-14-16(20)19-18(5,6)15-17(2,3)4/h13-14H,7-12,15H2,1-6H3,(H,19,20). The first-order valence-electron chi connectivity index (χ1n) is 8.15. The van der Waals surface area contributed by atoms with Crippen LogP contribution in [0.25, 0.3) is 0 Å². The molecule has 0 aliphatic heterocycles. The zero-order valence-electron chi connectivity index (χ0n) is 14.5. The average Bonchev–Trinajstić information content (AvgIpc) is 2.23. The summed E-state index contributed by atoms with van der Waals surface area (Å²) in [5.74, 6) is 0.0350. The molecule has 0 spiro atoms. The summed E-state index contributed by atoms with van der Waals surface area (Å²) in [7, 11) is 0. The summed E-state index contributed by atoms with van der Waals surface area (Å²) in [6.45, 7) is 13.0. The fourth-order valence-electron chi connectivity index (χ4n) is 2.80. The molecule has 2 nitrogen and oxygen atoms in total. The fraction of sp³-hybridized carbons (Fsp3) is 0.833. The minimum Gasteiger partial charge on any atom is -0.348 e. The number of rotatable bonds is 9. The van der Waals surface area contributed by atoms with Crippen LogP contribution in [-0.4, -0.2) is 11.4 Å². The molecule has 0 saturated heterocycles. The van der Waals surface area contributed by atoms with Gasteiger partial charge in [0.1, 0.15) is 0 Å². The van der Waals surface area contributed by atoms with Crippen molar-refractivity contribution < 1.29 is 4.79 Å². The van der Waals surface area contributed by atoms with Gasteiger partial charge in [-0.25, -0.2) is 0 Å². The summed E-state index contributed by atoms with van der Waals surface area (Å²) in [5, 5.41) is 3.10. The van der Waals surface area contributed by atoms with Crippen LogP contribution in [0.5, 0.6) is 0 Å². The van der Waals surface area contributed by atoms with Crippen molar-refractivity contribution >= 4 is 5.91 Å². The van der Waals surface area contributed by atoms with Gasteiger partial charge in [-0.1, -0.05) is 59.5 Å². The molecule has 0 aromatic carbocycles. The maximum Gasteiger partial charge on any atom is 0.244 e. The molecule has 0 aliphatic rings. The highest BCUT2D eigenvalue weighted by Gasteiger charge is 2.26. The third-order valence-electron chi connectivity index (χ3n) is 3.18. The van der Waals surface area contributed by atoms with E-state index in [1.807, 2.05) is 6.08 Å². The molecule has 0 aromatic rings. The van der Waals surface area contributed by atoms with Crippen molar-refractivity contribution in [3.63, 3.8) is 0 Å². The molecule has 118 valence electrons. The molecule has 0 unspecified atom stereocenters. The topological polar surface area (TPSA) is 29.1 Å². The third kappa shape index (κ3) is 12.3. The molecule has 0 rings (SSSR count). The van der Waals surface area contributed by atoms with Crippen LogP contribution in [0.1, 0.15) is 86.5 Å². The number of allylic oxidation sites excluding steroid dienone is 1. The van der Waals surface area contributed by atoms with E-state index in [1.54, 1.807) is 6.08 Å². The molecule has 0 aromatic heterocycles. The van der Waals surface area contributed by atoms with E-state index < -0.39 is 0 Å². The van der Waals surface area contributed by atoms with E-state index in [1.165, 1.54) is 32.1 Å². The molecule has 20 heavy (non-hydrogen) atoms. The third-order valence-corrected chi connectivity index (χ3v) is 3.18. The fourth-order valence-corrected chi connectivity index (χ4v) is 2.80. The van der Waals surface area contributed by atoms with Gasteiger partial charge >= 0.3 is 0 Å². The van der Waals surface area contributed by atoms with Crippen LogP contribution in [0.2, 0.25) is 0 Å². The van der Waals surface area contributed by atoms with Crippen LogP contribution in [0, 0.1) is 5.41 Å². The summed E-state index contributed by atoms with van der Waals surface area (Å²) in [6, 6.07) is 0. The smallest absolute Gasteiger partial charge is 0.244 e. The number of hydrogen-bond acceptors (Lipinski definition) is 1. The molecule has 1 amide bonds.